The predicted molar refractivity (Wildman–Crippen MR) is 93.0 cm³/mol. The molecule has 4 aliphatic rings. The van der Waals surface area contributed by atoms with Crippen LogP contribution in [0.5, 0.6) is 0 Å². The molecule has 1 amide bonds. The second-order valence-electron chi connectivity index (χ2n) is 8.47. The molecule has 3 aliphatic carbocycles. The van der Waals surface area contributed by atoms with Gasteiger partial charge in [-0.25, -0.2) is 0 Å². The molecule has 0 unspecified atom stereocenters. The van der Waals surface area contributed by atoms with Crippen molar-refractivity contribution in [3.8, 4) is 0 Å². The molecule has 0 radical (unpaired) electrons. The minimum atomic E-state index is -0.115. The Bertz CT molecular complexity index is 619. The minimum Gasteiger partial charge on any atom is -0.379 e. The molecule has 1 aromatic heterocycles. The highest BCUT2D eigenvalue weighted by Gasteiger charge is 2.53. The fourth-order valence-corrected chi connectivity index (χ4v) is 5.00. The Balaban J connectivity index is 1.28. The number of carbonyl (C=O) groups is 1. The van der Waals surface area contributed by atoms with E-state index in [0.717, 1.165) is 50.4 Å². The lowest BCUT2D eigenvalue weighted by molar-refractivity contribution is -0.103. The third kappa shape index (κ3) is 3.34. The lowest BCUT2D eigenvalue weighted by Gasteiger charge is -2.60. The molecule has 2 bridgehead atoms. The van der Waals surface area contributed by atoms with Gasteiger partial charge in [-0.3, -0.25) is 9.69 Å². The summed E-state index contributed by atoms with van der Waals surface area (Å²) in [6.07, 6.45) is 3.87. The highest BCUT2D eigenvalue weighted by Crippen LogP contribution is 2.61. The number of carbonyl (C=O) groups excluding carboxylic acids is 1. The summed E-state index contributed by atoms with van der Waals surface area (Å²) < 4.78 is 10.7. The van der Waals surface area contributed by atoms with Crippen molar-refractivity contribution in [1.82, 2.24) is 15.4 Å². The molecule has 25 heavy (non-hydrogen) atoms. The zero-order chi connectivity index (χ0) is 17.4. The smallest absolute Gasteiger partial charge is 0.273 e. The average Bonchev–Trinajstić information content (AvgIpc) is 3.09. The van der Waals surface area contributed by atoms with Gasteiger partial charge in [-0.2, -0.15) is 0 Å². The van der Waals surface area contributed by atoms with Crippen LogP contribution < -0.4 is 5.32 Å². The average molecular weight is 347 g/mol. The van der Waals surface area contributed by atoms with Crippen LogP contribution in [0, 0.1) is 23.2 Å². The van der Waals surface area contributed by atoms with Crippen LogP contribution in [-0.4, -0.2) is 48.8 Å². The van der Waals surface area contributed by atoms with E-state index in [1.807, 2.05) is 0 Å². The third-order valence-corrected chi connectivity index (χ3v) is 6.80. The Morgan fingerprint density at radius 1 is 1.36 bits per heavy atom. The summed E-state index contributed by atoms with van der Waals surface area (Å²) in [6.45, 7) is 9.49. The lowest BCUT2D eigenvalue weighted by Crippen LogP contribution is -2.54. The Hall–Kier alpha value is -1.40. The quantitative estimate of drug-likeness (QED) is 0.885. The molecule has 1 saturated heterocycles. The Morgan fingerprint density at radius 2 is 2.16 bits per heavy atom. The van der Waals surface area contributed by atoms with Gasteiger partial charge in [-0.05, 0) is 42.4 Å². The van der Waals surface area contributed by atoms with E-state index in [-0.39, 0.29) is 5.91 Å². The number of amides is 1. The van der Waals surface area contributed by atoms with Gasteiger partial charge in [0.2, 0.25) is 0 Å². The first kappa shape index (κ1) is 17.0. The molecule has 138 valence electrons. The van der Waals surface area contributed by atoms with E-state index >= 15 is 0 Å². The SMILES string of the molecule is CC1(C)[C@@H]2CC[C@H](CNC(=O)c3cc(CN4CCOCC4)on3)[C@H]1C2. The van der Waals surface area contributed by atoms with E-state index in [4.69, 9.17) is 9.26 Å². The van der Waals surface area contributed by atoms with E-state index in [2.05, 4.69) is 29.2 Å². The molecule has 3 atom stereocenters. The van der Waals surface area contributed by atoms with Gasteiger partial charge < -0.3 is 14.6 Å². The lowest BCUT2D eigenvalue weighted by atomic mass is 9.45. The molecule has 2 heterocycles. The number of hydrogen-bond acceptors (Lipinski definition) is 5. The van der Waals surface area contributed by atoms with Gasteiger partial charge in [0, 0.05) is 25.7 Å². The Labute approximate surface area is 149 Å². The van der Waals surface area contributed by atoms with Crippen LogP contribution in [-0.2, 0) is 11.3 Å². The Kier molecular flexibility index (Phi) is 4.58. The first-order valence-corrected chi connectivity index (χ1v) is 9.58. The molecule has 5 rings (SSSR count). The van der Waals surface area contributed by atoms with Crippen LogP contribution in [0.1, 0.15) is 49.4 Å². The van der Waals surface area contributed by atoms with Gasteiger partial charge >= 0.3 is 0 Å². The molecule has 3 saturated carbocycles. The van der Waals surface area contributed by atoms with Crippen molar-refractivity contribution >= 4 is 5.91 Å². The molecule has 0 aromatic carbocycles. The molecule has 1 aromatic rings. The number of nitrogens with one attached hydrogen (secondary N) is 1. The summed E-state index contributed by atoms with van der Waals surface area (Å²) in [7, 11) is 0. The molecule has 1 aliphatic heterocycles. The van der Waals surface area contributed by atoms with E-state index in [0.29, 0.717) is 23.6 Å². The summed E-state index contributed by atoms with van der Waals surface area (Å²) >= 11 is 0. The van der Waals surface area contributed by atoms with Crippen LogP contribution in [0.3, 0.4) is 0 Å². The van der Waals surface area contributed by atoms with Crippen LogP contribution >= 0.6 is 0 Å². The topological polar surface area (TPSA) is 67.6 Å². The third-order valence-electron chi connectivity index (χ3n) is 6.80. The molecule has 1 N–H and O–H groups in total. The zero-order valence-electron chi connectivity index (χ0n) is 15.3. The van der Waals surface area contributed by atoms with Crippen molar-refractivity contribution < 1.29 is 14.1 Å². The zero-order valence-corrected chi connectivity index (χ0v) is 15.3. The highest BCUT2D eigenvalue weighted by atomic mass is 16.5. The first-order chi connectivity index (χ1) is 12.0. The largest absolute Gasteiger partial charge is 0.379 e. The van der Waals surface area contributed by atoms with Crippen molar-refractivity contribution in [2.24, 2.45) is 23.2 Å². The van der Waals surface area contributed by atoms with Crippen LogP contribution in [0.2, 0.25) is 0 Å². The number of morpholine rings is 1. The van der Waals surface area contributed by atoms with Crippen molar-refractivity contribution in [2.75, 3.05) is 32.8 Å². The maximum Gasteiger partial charge on any atom is 0.273 e. The van der Waals surface area contributed by atoms with E-state index < -0.39 is 0 Å². The van der Waals surface area contributed by atoms with Crippen molar-refractivity contribution in [3.63, 3.8) is 0 Å². The summed E-state index contributed by atoms with van der Waals surface area (Å²) in [6, 6.07) is 1.77. The molecule has 6 heteroatoms. The molecule has 6 nitrogen and oxygen atoms in total. The van der Waals surface area contributed by atoms with Crippen molar-refractivity contribution in [3.05, 3.63) is 17.5 Å². The Morgan fingerprint density at radius 3 is 2.88 bits per heavy atom. The molecule has 4 fully saturated rings. The van der Waals surface area contributed by atoms with Gasteiger partial charge in [0.25, 0.3) is 5.91 Å². The monoisotopic (exact) mass is 347 g/mol. The summed E-state index contributed by atoms with van der Waals surface area (Å²) in [5, 5.41) is 7.04. The van der Waals surface area contributed by atoms with Gasteiger partial charge in [-0.15, -0.1) is 0 Å². The number of ether oxygens (including phenoxy) is 1. The van der Waals surface area contributed by atoms with Gasteiger partial charge in [0.05, 0.1) is 19.8 Å². The minimum absolute atomic E-state index is 0.115. The van der Waals surface area contributed by atoms with E-state index in [9.17, 15) is 4.79 Å². The van der Waals surface area contributed by atoms with E-state index in [1.54, 1.807) is 6.07 Å². The van der Waals surface area contributed by atoms with Crippen LogP contribution in [0.25, 0.3) is 0 Å². The van der Waals surface area contributed by atoms with Crippen molar-refractivity contribution in [1.29, 1.82) is 0 Å². The second-order valence-corrected chi connectivity index (χ2v) is 8.47. The number of aromatic nitrogens is 1. The molecular weight excluding hydrogens is 318 g/mol. The van der Waals surface area contributed by atoms with Crippen LogP contribution in [0.15, 0.2) is 10.6 Å². The van der Waals surface area contributed by atoms with E-state index in [1.165, 1.54) is 19.3 Å². The fraction of sp³-hybridized carbons (Fsp3) is 0.789. The molecule has 0 spiro atoms. The van der Waals surface area contributed by atoms with Gasteiger partial charge in [-0.1, -0.05) is 19.0 Å². The maximum absolute atomic E-state index is 12.4. The van der Waals surface area contributed by atoms with Crippen molar-refractivity contribution in [2.45, 2.75) is 39.7 Å². The predicted octanol–water partition coefficient (Wildman–Crippen LogP) is 2.31. The normalized spacial score (nSPS) is 31.4. The number of rotatable bonds is 5. The summed E-state index contributed by atoms with van der Waals surface area (Å²) in [5.41, 5.74) is 0.845. The highest BCUT2D eigenvalue weighted by molar-refractivity contribution is 5.92. The second kappa shape index (κ2) is 6.72. The maximum atomic E-state index is 12.4. The van der Waals surface area contributed by atoms with Gasteiger partial charge in [0.1, 0.15) is 0 Å². The van der Waals surface area contributed by atoms with Crippen LogP contribution in [0.4, 0.5) is 0 Å². The fourth-order valence-electron chi connectivity index (χ4n) is 5.00. The summed E-state index contributed by atoms with van der Waals surface area (Å²) in [5.74, 6) is 2.87. The number of nitrogens with zero attached hydrogens (tertiary/aromatic N) is 2. The number of fused-ring (bicyclic) bond motifs is 2. The summed E-state index contributed by atoms with van der Waals surface area (Å²) in [4.78, 5) is 14.7. The molecular formula is C19H29N3O3. The standard InChI is InChI=1S/C19H29N3O3/c1-19(2)14-4-3-13(16(19)9-14)11-20-18(23)17-10-15(25-21-17)12-22-5-7-24-8-6-22/h10,13-14,16H,3-9,11-12H2,1-2H3,(H,20,23)/t13-,14-,16-/m1/s1. The number of hydrogen-bond donors (Lipinski definition) is 1. The van der Waals surface area contributed by atoms with Gasteiger partial charge in [0.15, 0.2) is 11.5 Å². The first-order valence-electron chi connectivity index (χ1n) is 9.58.